The van der Waals surface area contributed by atoms with Crippen LogP contribution in [0.4, 0.5) is 0 Å². The van der Waals surface area contributed by atoms with E-state index in [2.05, 4.69) is 5.32 Å². The van der Waals surface area contributed by atoms with Gasteiger partial charge in [0.2, 0.25) is 5.91 Å². The van der Waals surface area contributed by atoms with Crippen molar-refractivity contribution < 1.29 is 14.3 Å². The summed E-state index contributed by atoms with van der Waals surface area (Å²) in [5.41, 5.74) is 0. The van der Waals surface area contributed by atoms with E-state index in [1.807, 2.05) is 4.90 Å². The molecule has 4 saturated heterocycles. The number of hydrogen-bond donors (Lipinski definition) is 1. The first-order valence-corrected chi connectivity index (χ1v) is 7.08. The van der Waals surface area contributed by atoms with Gasteiger partial charge in [-0.2, -0.15) is 0 Å². The second-order valence-corrected chi connectivity index (χ2v) is 5.94. The largest absolute Gasteiger partial charge is 0.378 e. The van der Waals surface area contributed by atoms with Gasteiger partial charge in [-0.3, -0.25) is 4.79 Å². The molecule has 5 heteroatoms. The first-order chi connectivity index (χ1) is 8.83. The highest BCUT2D eigenvalue weighted by Crippen LogP contribution is 2.47. The van der Waals surface area contributed by atoms with Crippen molar-refractivity contribution in [1.29, 1.82) is 0 Å². The van der Waals surface area contributed by atoms with Gasteiger partial charge < -0.3 is 19.7 Å². The van der Waals surface area contributed by atoms with Gasteiger partial charge >= 0.3 is 0 Å². The van der Waals surface area contributed by atoms with Crippen molar-refractivity contribution in [3.63, 3.8) is 0 Å². The van der Waals surface area contributed by atoms with Crippen LogP contribution < -0.4 is 5.32 Å². The third-order valence-corrected chi connectivity index (χ3v) is 4.98. The molecule has 1 amide bonds. The summed E-state index contributed by atoms with van der Waals surface area (Å²) in [5, 5.41) is 3.25. The van der Waals surface area contributed by atoms with Gasteiger partial charge in [0.25, 0.3) is 0 Å². The van der Waals surface area contributed by atoms with Crippen LogP contribution in [0.15, 0.2) is 0 Å². The molecule has 0 spiro atoms. The van der Waals surface area contributed by atoms with Crippen molar-refractivity contribution in [1.82, 2.24) is 10.2 Å². The van der Waals surface area contributed by atoms with E-state index in [-0.39, 0.29) is 11.9 Å². The van der Waals surface area contributed by atoms with E-state index in [0.717, 1.165) is 19.6 Å². The number of carbonyl (C=O) groups is 1. The fraction of sp³-hybridized carbons (Fsp3) is 0.923. The zero-order valence-corrected chi connectivity index (χ0v) is 10.5. The molecule has 0 saturated carbocycles. The molecule has 1 N–H and O–H groups in total. The first-order valence-electron chi connectivity index (χ1n) is 7.08. The Hall–Kier alpha value is -0.650. The number of ether oxygens (including phenoxy) is 2. The van der Waals surface area contributed by atoms with E-state index in [1.165, 1.54) is 12.8 Å². The summed E-state index contributed by atoms with van der Waals surface area (Å²) in [6, 6.07) is -0.129. The number of carbonyl (C=O) groups excluding carboxylic acids is 1. The Morgan fingerprint density at radius 3 is 2.50 bits per heavy atom. The number of likely N-dealkylation sites (tertiary alicyclic amines) is 1. The summed E-state index contributed by atoms with van der Waals surface area (Å²) in [4.78, 5) is 14.4. The highest BCUT2D eigenvalue weighted by atomic mass is 16.5. The molecule has 5 atom stereocenters. The number of fused-ring (bicyclic) bond motifs is 5. The molecule has 100 valence electrons. The lowest BCUT2D eigenvalue weighted by Crippen LogP contribution is -2.52. The third-order valence-electron chi connectivity index (χ3n) is 4.98. The SMILES string of the molecule is O=C(C1COCCN1)N1CC2C3CCC(O3)C2C1. The Morgan fingerprint density at radius 2 is 1.89 bits per heavy atom. The van der Waals surface area contributed by atoms with Crippen LogP contribution >= 0.6 is 0 Å². The van der Waals surface area contributed by atoms with Crippen molar-refractivity contribution in [3.8, 4) is 0 Å². The minimum Gasteiger partial charge on any atom is -0.378 e. The summed E-state index contributed by atoms with van der Waals surface area (Å²) in [6.45, 7) is 3.80. The summed E-state index contributed by atoms with van der Waals surface area (Å²) in [7, 11) is 0. The maximum absolute atomic E-state index is 12.4. The number of amides is 1. The van der Waals surface area contributed by atoms with Crippen LogP contribution in [0.3, 0.4) is 0 Å². The highest BCUT2D eigenvalue weighted by molar-refractivity contribution is 5.82. The summed E-state index contributed by atoms with van der Waals surface area (Å²) in [6.07, 6.45) is 3.24. The van der Waals surface area contributed by atoms with Crippen molar-refractivity contribution in [2.45, 2.75) is 31.1 Å². The van der Waals surface area contributed by atoms with Crippen molar-refractivity contribution in [2.24, 2.45) is 11.8 Å². The normalized spacial score (nSPS) is 46.4. The molecule has 4 fully saturated rings. The second kappa shape index (κ2) is 4.18. The Labute approximate surface area is 107 Å². The molecule has 0 aromatic carbocycles. The van der Waals surface area contributed by atoms with Gasteiger partial charge in [-0.15, -0.1) is 0 Å². The van der Waals surface area contributed by atoms with Gasteiger partial charge in [0.05, 0.1) is 25.4 Å². The van der Waals surface area contributed by atoms with Gasteiger partial charge in [-0.05, 0) is 12.8 Å². The predicted molar refractivity (Wildman–Crippen MR) is 64.1 cm³/mol. The molecule has 0 aromatic heterocycles. The van der Waals surface area contributed by atoms with E-state index in [9.17, 15) is 4.79 Å². The van der Waals surface area contributed by atoms with Crippen LogP contribution in [0.2, 0.25) is 0 Å². The van der Waals surface area contributed by atoms with Crippen LogP contribution in [0.5, 0.6) is 0 Å². The third kappa shape index (κ3) is 1.61. The lowest BCUT2D eigenvalue weighted by Gasteiger charge is -2.28. The zero-order valence-electron chi connectivity index (χ0n) is 10.5. The minimum absolute atomic E-state index is 0.129. The molecular formula is C13H20N2O3. The quantitative estimate of drug-likeness (QED) is 0.690. The van der Waals surface area contributed by atoms with Gasteiger partial charge in [0.1, 0.15) is 6.04 Å². The fourth-order valence-electron chi connectivity index (χ4n) is 4.08. The predicted octanol–water partition coefficient (Wildman–Crippen LogP) is -0.389. The fourth-order valence-corrected chi connectivity index (χ4v) is 4.08. The molecule has 4 aliphatic heterocycles. The molecule has 2 bridgehead atoms. The van der Waals surface area contributed by atoms with Crippen LogP contribution in [0, 0.1) is 11.8 Å². The smallest absolute Gasteiger partial charge is 0.242 e. The van der Waals surface area contributed by atoms with Crippen LogP contribution in [0.25, 0.3) is 0 Å². The number of rotatable bonds is 1. The van der Waals surface area contributed by atoms with Crippen LogP contribution in [0.1, 0.15) is 12.8 Å². The zero-order chi connectivity index (χ0) is 12.1. The summed E-state index contributed by atoms with van der Waals surface area (Å²) >= 11 is 0. The van der Waals surface area contributed by atoms with E-state index >= 15 is 0 Å². The molecular weight excluding hydrogens is 232 g/mol. The molecule has 18 heavy (non-hydrogen) atoms. The topological polar surface area (TPSA) is 50.8 Å². The Bertz CT molecular complexity index is 338. The molecule has 0 radical (unpaired) electrons. The van der Waals surface area contributed by atoms with Gasteiger partial charge in [0, 0.05) is 31.5 Å². The second-order valence-electron chi connectivity index (χ2n) is 5.94. The van der Waals surface area contributed by atoms with E-state index in [0.29, 0.717) is 37.3 Å². The standard InChI is InChI=1S/C13H20N2O3/c16-13(10-7-17-4-3-14-10)15-5-8-9(6-15)12-2-1-11(8)18-12/h8-12,14H,1-7H2. The monoisotopic (exact) mass is 252 g/mol. The maximum Gasteiger partial charge on any atom is 0.242 e. The molecule has 5 unspecified atom stereocenters. The van der Waals surface area contributed by atoms with Crippen LogP contribution in [-0.2, 0) is 14.3 Å². The maximum atomic E-state index is 12.4. The number of hydrogen-bond acceptors (Lipinski definition) is 4. The van der Waals surface area contributed by atoms with Crippen molar-refractivity contribution >= 4 is 5.91 Å². The molecule has 0 aromatic rings. The van der Waals surface area contributed by atoms with Crippen molar-refractivity contribution in [3.05, 3.63) is 0 Å². The molecule has 4 aliphatic rings. The molecule has 4 rings (SSSR count). The average Bonchev–Trinajstić information content (AvgIpc) is 3.10. The Morgan fingerprint density at radius 1 is 1.17 bits per heavy atom. The Kier molecular flexibility index (Phi) is 2.60. The highest BCUT2D eigenvalue weighted by Gasteiger charge is 2.54. The number of nitrogens with one attached hydrogen (secondary N) is 1. The van der Waals surface area contributed by atoms with Crippen molar-refractivity contribution in [2.75, 3.05) is 32.8 Å². The first kappa shape index (κ1) is 11.2. The number of nitrogens with zero attached hydrogens (tertiary/aromatic N) is 1. The van der Waals surface area contributed by atoms with E-state index < -0.39 is 0 Å². The van der Waals surface area contributed by atoms with Gasteiger partial charge in [-0.1, -0.05) is 0 Å². The average molecular weight is 252 g/mol. The van der Waals surface area contributed by atoms with E-state index in [4.69, 9.17) is 9.47 Å². The molecule has 5 nitrogen and oxygen atoms in total. The lowest BCUT2D eigenvalue weighted by molar-refractivity contribution is -0.136. The Balaban J connectivity index is 1.43. The van der Waals surface area contributed by atoms with Gasteiger partial charge in [0.15, 0.2) is 0 Å². The summed E-state index contributed by atoms with van der Waals surface area (Å²) < 4.78 is 11.3. The molecule has 0 aliphatic carbocycles. The van der Waals surface area contributed by atoms with E-state index in [1.54, 1.807) is 0 Å². The van der Waals surface area contributed by atoms with Crippen LogP contribution in [-0.4, -0.2) is 61.9 Å². The minimum atomic E-state index is -0.129. The summed E-state index contributed by atoms with van der Waals surface area (Å²) in [5.74, 6) is 1.41. The van der Waals surface area contributed by atoms with Gasteiger partial charge in [-0.25, -0.2) is 0 Å². The number of morpholine rings is 1. The molecule has 4 heterocycles. The lowest BCUT2D eigenvalue weighted by atomic mass is 9.82.